The van der Waals surface area contributed by atoms with Crippen LogP contribution in [-0.2, 0) is 9.47 Å². The van der Waals surface area contributed by atoms with Gasteiger partial charge < -0.3 is 18.9 Å². The predicted molar refractivity (Wildman–Crippen MR) is 118 cm³/mol. The van der Waals surface area contributed by atoms with E-state index in [9.17, 15) is 0 Å². The molecule has 0 N–H and O–H groups in total. The molecule has 2 aliphatic rings. The molecule has 2 heterocycles. The molecule has 0 spiro atoms. The molecule has 1 aromatic heterocycles. The Morgan fingerprint density at radius 2 is 1.70 bits per heavy atom. The van der Waals surface area contributed by atoms with E-state index in [-0.39, 0.29) is 11.7 Å². The summed E-state index contributed by atoms with van der Waals surface area (Å²) in [5.74, 6) is 1.42. The van der Waals surface area contributed by atoms with E-state index in [0.717, 1.165) is 51.3 Å². The fourth-order valence-electron chi connectivity index (χ4n) is 3.84. The van der Waals surface area contributed by atoms with Crippen molar-refractivity contribution in [2.24, 2.45) is 5.41 Å². The average molecular weight is 421 g/mol. The molecule has 0 atom stereocenters. The zero-order valence-corrected chi connectivity index (χ0v) is 19.6. The normalized spacial score (nSPS) is 23.0. The highest BCUT2D eigenvalue weighted by molar-refractivity contribution is 5.23. The first kappa shape index (κ1) is 23.3. The zero-order chi connectivity index (χ0) is 21.8. The number of hydrogen-bond donors (Lipinski definition) is 0. The van der Waals surface area contributed by atoms with Gasteiger partial charge in [-0.1, -0.05) is 20.8 Å². The van der Waals surface area contributed by atoms with E-state index < -0.39 is 0 Å². The summed E-state index contributed by atoms with van der Waals surface area (Å²) in [7, 11) is 0. The minimum absolute atomic E-state index is 0.0916. The summed E-state index contributed by atoms with van der Waals surface area (Å²) in [6, 6.07) is 3.79. The quantitative estimate of drug-likeness (QED) is 0.526. The summed E-state index contributed by atoms with van der Waals surface area (Å²) in [4.78, 5) is 6.80. The molecule has 170 valence electrons. The number of likely N-dealkylation sites (tertiary alicyclic amines) is 1. The lowest BCUT2D eigenvalue weighted by Crippen LogP contribution is -2.54. The van der Waals surface area contributed by atoms with Gasteiger partial charge >= 0.3 is 0 Å². The Labute approximate surface area is 182 Å². The maximum absolute atomic E-state index is 5.95. The van der Waals surface area contributed by atoms with E-state index in [2.05, 4.69) is 51.4 Å². The van der Waals surface area contributed by atoms with Crippen molar-refractivity contribution in [3.05, 3.63) is 18.3 Å². The number of rotatable bonds is 10. The molecule has 1 saturated heterocycles. The van der Waals surface area contributed by atoms with Crippen molar-refractivity contribution in [3.63, 3.8) is 0 Å². The standard InChI is InChI=1S/C24H40N2O4/c1-23(2,3)17-26-15-21(16-26)27-10-7-11-28-22-9-8-18(14-25-22)29-19-12-20(13-19)30-24(4,5)6/h8-9,14,19-21H,7,10-13,15-17H2,1-6H3. The Morgan fingerprint density at radius 3 is 2.30 bits per heavy atom. The van der Waals surface area contributed by atoms with Crippen LogP contribution in [0, 0.1) is 5.41 Å². The first-order valence-corrected chi connectivity index (χ1v) is 11.3. The van der Waals surface area contributed by atoms with E-state index in [4.69, 9.17) is 18.9 Å². The van der Waals surface area contributed by atoms with Gasteiger partial charge in [0.05, 0.1) is 37.2 Å². The molecule has 30 heavy (non-hydrogen) atoms. The Hall–Kier alpha value is -1.37. The van der Waals surface area contributed by atoms with Gasteiger partial charge in [0.15, 0.2) is 0 Å². The van der Waals surface area contributed by atoms with Crippen LogP contribution in [-0.4, -0.2) is 66.6 Å². The summed E-state index contributed by atoms with van der Waals surface area (Å²) < 4.78 is 23.5. The molecule has 0 unspecified atom stereocenters. The van der Waals surface area contributed by atoms with Crippen LogP contribution in [0.15, 0.2) is 18.3 Å². The van der Waals surface area contributed by atoms with Crippen molar-refractivity contribution in [2.75, 3.05) is 32.8 Å². The van der Waals surface area contributed by atoms with Gasteiger partial charge in [0.25, 0.3) is 0 Å². The van der Waals surface area contributed by atoms with E-state index in [1.54, 1.807) is 6.20 Å². The maximum atomic E-state index is 5.95. The van der Waals surface area contributed by atoms with Gasteiger partial charge in [0.1, 0.15) is 11.9 Å². The highest BCUT2D eigenvalue weighted by atomic mass is 16.5. The number of hydrogen-bond acceptors (Lipinski definition) is 6. The van der Waals surface area contributed by atoms with Gasteiger partial charge in [-0.2, -0.15) is 0 Å². The molecule has 0 amide bonds. The van der Waals surface area contributed by atoms with E-state index in [1.807, 2.05) is 12.1 Å². The summed E-state index contributed by atoms with van der Waals surface area (Å²) in [5, 5.41) is 0. The van der Waals surface area contributed by atoms with Crippen LogP contribution in [0.1, 0.15) is 60.8 Å². The second kappa shape index (κ2) is 9.84. The van der Waals surface area contributed by atoms with E-state index in [1.165, 1.54) is 0 Å². The smallest absolute Gasteiger partial charge is 0.213 e. The second-order valence-corrected chi connectivity index (χ2v) is 10.8. The molecule has 1 aliphatic heterocycles. The fourth-order valence-corrected chi connectivity index (χ4v) is 3.84. The SMILES string of the molecule is CC(C)(C)CN1CC(OCCCOc2ccc(OC3CC(OC(C)(C)C)C3)cn2)C1. The summed E-state index contributed by atoms with van der Waals surface area (Å²) in [6.45, 7) is 17.7. The van der Waals surface area contributed by atoms with Gasteiger partial charge in [0.2, 0.25) is 5.88 Å². The molecule has 0 radical (unpaired) electrons. The largest absolute Gasteiger partial charge is 0.489 e. The van der Waals surface area contributed by atoms with Crippen molar-refractivity contribution >= 4 is 0 Å². The summed E-state index contributed by atoms with van der Waals surface area (Å²) >= 11 is 0. The van der Waals surface area contributed by atoms with Crippen LogP contribution in [0.25, 0.3) is 0 Å². The van der Waals surface area contributed by atoms with Crippen LogP contribution in [0.3, 0.4) is 0 Å². The Kier molecular flexibility index (Phi) is 7.64. The highest BCUT2D eigenvalue weighted by Crippen LogP contribution is 2.31. The Balaban J connectivity index is 1.22. The topological polar surface area (TPSA) is 53.1 Å². The summed E-state index contributed by atoms with van der Waals surface area (Å²) in [6.07, 6.45) is 5.37. The zero-order valence-electron chi connectivity index (χ0n) is 19.6. The van der Waals surface area contributed by atoms with E-state index >= 15 is 0 Å². The molecule has 2 fully saturated rings. The number of ether oxygens (including phenoxy) is 4. The van der Waals surface area contributed by atoms with Crippen molar-refractivity contribution in [3.8, 4) is 11.6 Å². The van der Waals surface area contributed by atoms with Crippen LogP contribution in [0.4, 0.5) is 0 Å². The van der Waals surface area contributed by atoms with Gasteiger partial charge in [0, 0.05) is 45.0 Å². The predicted octanol–water partition coefficient (Wildman–Crippen LogP) is 4.32. The van der Waals surface area contributed by atoms with Crippen LogP contribution < -0.4 is 9.47 Å². The number of pyridine rings is 1. The van der Waals surface area contributed by atoms with Gasteiger partial charge in [-0.25, -0.2) is 4.98 Å². The molecule has 6 heteroatoms. The molecule has 0 aromatic carbocycles. The van der Waals surface area contributed by atoms with Gasteiger partial charge in [-0.15, -0.1) is 0 Å². The lowest BCUT2D eigenvalue weighted by atomic mass is 9.91. The van der Waals surface area contributed by atoms with Crippen molar-refractivity contribution < 1.29 is 18.9 Å². The molecule has 6 nitrogen and oxygen atoms in total. The number of aromatic nitrogens is 1. The third kappa shape index (κ3) is 8.05. The Morgan fingerprint density at radius 1 is 0.967 bits per heavy atom. The monoisotopic (exact) mass is 420 g/mol. The lowest BCUT2D eigenvalue weighted by Gasteiger charge is -2.42. The van der Waals surface area contributed by atoms with Crippen LogP contribution in [0.2, 0.25) is 0 Å². The molecule has 1 saturated carbocycles. The second-order valence-electron chi connectivity index (χ2n) is 10.8. The maximum Gasteiger partial charge on any atom is 0.213 e. The Bertz CT molecular complexity index is 639. The van der Waals surface area contributed by atoms with E-state index in [0.29, 0.717) is 30.1 Å². The lowest BCUT2D eigenvalue weighted by molar-refractivity contribution is -0.126. The molecule has 3 rings (SSSR count). The molecular formula is C24H40N2O4. The van der Waals surface area contributed by atoms with Crippen LogP contribution in [0.5, 0.6) is 11.6 Å². The molecule has 1 aromatic rings. The molecule has 0 bridgehead atoms. The molecule has 1 aliphatic carbocycles. The number of nitrogens with zero attached hydrogens (tertiary/aromatic N) is 2. The van der Waals surface area contributed by atoms with Crippen molar-refractivity contribution in [2.45, 2.75) is 84.7 Å². The third-order valence-corrected chi connectivity index (χ3v) is 5.10. The third-order valence-electron chi connectivity index (χ3n) is 5.10. The van der Waals surface area contributed by atoms with Crippen molar-refractivity contribution in [1.82, 2.24) is 9.88 Å². The highest BCUT2D eigenvalue weighted by Gasteiger charge is 2.34. The minimum Gasteiger partial charge on any atom is -0.489 e. The summed E-state index contributed by atoms with van der Waals surface area (Å²) in [5.41, 5.74) is 0.263. The molecular weight excluding hydrogens is 380 g/mol. The first-order chi connectivity index (χ1) is 14.1. The van der Waals surface area contributed by atoms with Crippen molar-refractivity contribution in [1.29, 1.82) is 0 Å². The average Bonchev–Trinajstić information content (AvgIpc) is 2.56. The first-order valence-electron chi connectivity index (χ1n) is 11.3. The minimum atomic E-state index is -0.0916. The van der Waals surface area contributed by atoms with Gasteiger partial charge in [-0.05, 0) is 32.3 Å². The van der Waals surface area contributed by atoms with Gasteiger partial charge in [-0.3, -0.25) is 4.90 Å². The van der Waals surface area contributed by atoms with Crippen LogP contribution >= 0.6 is 0 Å². The fraction of sp³-hybridized carbons (Fsp3) is 0.792.